The molecule has 2 nitrogen and oxygen atoms in total. The molecule has 2 heteroatoms. The Labute approximate surface area is 64.4 Å². The van der Waals surface area contributed by atoms with E-state index >= 15 is 0 Å². The number of hydrogen-bond acceptors (Lipinski definition) is 2. The predicted octanol–water partition coefficient (Wildman–Crippen LogP) is 1.33. The standard InChI is InChI=1S/C8H20N2/c1-5-6-7-8(2,9-3)10-4/h9-10H,5-7H2,1-4H3. The number of hydrogen-bond donors (Lipinski definition) is 2. The summed E-state index contributed by atoms with van der Waals surface area (Å²) in [7, 11) is 3.98. The van der Waals surface area contributed by atoms with E-state index in [4.69, 9.17) is 0 Å². The van der Waals surface area contributed by atoms with Crippen molar-refractivity contribution in [1.82, 2.24) is 10.6 Å². The van der Waals surface area contributed by atoms with Crippen LogP contribution in [0.25, 0.3) is 0 Å². The molecule has 0 aliphatic heterocycles. The van der Waals surface area contributed by atoms with Crippen molar-refractivity contribution in [2.24, 2.45) is 0 Å². The first-order valence-corrected chi connectivity index (χ1v) is 4.06. The van der Waals surface area contributed by atoms with Crippen molar-refractivity contribution in [3.05, 3.63) is 0 Å². The van der Waals surface area contributed by atoms with E-state index in [2.05, 4.69) is 24.5 Å². The Morgan fingerprint density at radius 1 is 1.20 bits per heavy atom. The fourth-order valence-electron chi connectivity index (χ4n) is 0.905. The van der Waals surface area contributed by atoms with E-state index in [-0.39, 0.29) is 5.66 Å². The van der Waals surface area contributed by atoms with E-state index < -0.39 is 0 Å². The summed E-state index contributed by atoms with van der Waals surface area (Å²) in [4.78, 5) is 0. The second-order valence-electron chi connectivity index (χ2n) is 2.94. The van der Waals surface area contributed by atoms with E-state index in [0.29, 0.717) is 0 Å². The Morgan fingerprint density at radius 3 is 2.00 bits per heavy atom. The van der Waals surface area contributed by atoms with Crippen molar-refractivity contribution < 1.29 is 0 Å². The maximum Gasteiger partial charge on any atom is 0.0653 e. The summed E-state index contributed by atoms with van der Waals surface area (Å²) in [5.41, 5.74) is 0.135. The molecule has 0 unspecified atom stereocenters. The predicted molar refractivity (Wildman–Crippen MR) is 46.0 cm³/mol. The van der Waals surface area contributed by atoms with Crippen LogP contribution in [0.4, 0.5) is 0 Å². The van der Waals surface area contributed by atoms with Gasteiger partial charge in [-0.2, -0.15) is 0 Å². The van der Waals surface area contributed by atoms with Gasteiger partial charge < -0.3 is 10.6 Å². The van der Waals surface area contributed by atoms with E-state index in [1.807, 2.05) is 14.1 Å². The second-order valence-corrected chi connectivity index (χ2v) is 2.94. The van der Waals surface area contributed by atoms with Crippen LogP contribution in [-0.2, 0) is 0 Å². The first-order chi connectivity index (χ1) is 4.68. The third-order valence-electron chi connectivity index (χ3n) is 2.13. The van der Waals surface area contributed by atoms with Gasteiger partial charge >= 0.3 is 0 Å². The zero-order valence-corrected chi connectivity index (χ0v) is 7.62. The van der Waals surface area contributed by atoms with Gasteiger partial charge in [0.1, 0.15) is 0 Å². The minimum atomic E-state index is 0.135. The van der Waals surface area contributed by atoms with Gasteiger partial charge in [-0.3, -0.25) is 0 Å². The smallest absolute Gasteiger partial charge is 0.0653 e. The van der Waals surface area contributed by atoms with Crippen molar-refractivity contribution in [2.45, 2.75) is 38.8 Å². The summed E-state index contributed by atoms with van der Waals surface area (Å²) in [5.74, 6) is 0. The maximum atomic E-state index is 3.25. The highest BCUT2D eigenvalue weighted by atomic mass is 15.1. The highest BCUT2D eigenvalue weighted by molar-refractivity contribution is 4.75. The van der Waals surface area contributed by atoms with Crippen molar-refractivity contribution >= 4 is 0 Å². The van der Waals surface area contributed by atoms with Crippen LogP contribution < -0.4 is 10.6 Å². The van der Waals surface area contributed by atoms with Gasteiger partial charge in [0.2, 0.25) is 0 Å². The minimum absolute atomic E-state index is 0.135. The highest BCUT2D eigenvalue weighted by Crippen LogP contribution is 2.08. The SMILES string of the molecule is CCCCC(C)(NC)NC. The molecule has 0 heterocycles. The molecule has 62 valence electrons. The van der Waals surface area contributed by atoms with Gasteiger partial charge in [0.05, 0.1) is 5.66 Å². The molecular formula is C8H20N2. The molecule has 0 saturated carbocycles. The average Bonchev–Trinajstić information content (AvgIpc) is 2.00. The lowest BCUT2D eigenvalue weighted by molar-refractivity contribution is 0.296. The molecule has 0 aromatic rings. The van der Waals surface area contributed by atoms with Crippen molar-refractivity contribution in [2.75, 3.05) is 14.1 Å². The molecule has 0 bridgehead atoms. The third-order valence-corrected chi connectivity index (χ3v) is 2.13. The molecule has 0 radical (unpaired) electrons. The van der Waals surface area contributed by atoms with Crippen LogP contribution in [0.3, 0.4) is 0 Å². The summed E-state index contributed by atoms with van der Waals surface area (Å²) in [6, 6.07) is 0. The topological polar surface area (TPSA) is 24.1 Å². The Bertz CT molecular complexity index is 77.3. The van der Waals surface area contributed by atoms with Crippen molar-refractivity contribution in [3.63, 3.8) is 0 Å². The van der Waals surface area contributed by atoms with E-state index in [1.54, 1.807) is 0 Å². The van der Waals surface area contributed by atoms with Crippen LogP contribution in [0.1, 0.15) is 33.1 Å². The van der Waals surface area contributed by atoms with E-state index in [0.717, 1.165) is 0 Å². The van der Waals surface area contributed by atoms with Gasteiger partial charge in [0.25, 0.3) is 0 Å². The van der Waals surface area contributed by atoms with Gasteiger partial charge in [-0.05, 0) is 27.4 Å². The Kier molecular flexibility index (Phi) is 4.65. The molecule has 0 amide bonds. The van der Waals surface area contributed by atoms with Crippen LogP contribution in [0.5, 0.6) is 0 Å². The van der Waals surface area contributed by atoms with Crippen LogP contribution >= 0.6 is 0 Å². The van der Waals surface area contributed by atoms with Gasteiger partial charge in [-0.25, -0.2) is 0 Å². The molecule has 0 atom stereocenters. The molecule has 0 saturated heterocycles. The van der Waals surface area contributed by atoms with E-state index in [1.165, 1.54) is 19.3 Å². The Balaban J connectivity index is 3.58. The van der Waals surface area contributed by atoms with Gasteiger partial charge in [-0.1, -0.05) is 19.8 Å². The summed E-state index contributed by atoms with van der Waals surface area (Å²) < 4.78 is 0. The largest absolute Gasteiger partial charge is 0.303 e. The molecule has 2 N–H and O–H groups in total. The molecule has 0 spiro atoms. The quantitative estimate of drug-likeness (QED) is 0.569. The summed E-state index contributed by atoms with van der Waals surface area (Å²) in [6.45, 7) is 4.40. The average molecular weight is 144 g/mol. The molecule has 0 aromatic heterocycles. The number of rotatable bonds is 5. The Morgan fingerprint density at radius 2 is 1.70 bits per heavy atom. The monoisotopic (exact) mass is 144 g/mol. The number of unbranched alkanes of at least 4 members (excludes halogenated alkanes) is 1. The molecule has 0 fully saturated rings. The van der Waals surface area contributed by atoms with Gasteiger partial charge in [-0.15, -0.1) is 0 Å². The maximum absolute atomic E-state index is 3.25. The van der Waals surface area contributed by atoms with Crippen LogP contribution in [0.2, 0.25) is 0 Å². The molecule has 0 aliphatic carbocycles. The summed E-state index contributed by atoms with van der Waals surface area (Å²) in [6.07, 6.45) is 3.73. The second kappa shape index (κ2) is 4.69. The zero-order valence-electron chi connectivity index (χ0n) is 7.62. The molecule has 0 aromatic carbocycles. The van der Waals surface area contributed by atoms with Gasteiger partial charge in [0, 0.05) is 0 Å². The van der Waals surface area contributed by atoms with E-state index in [9.17, 15) is 0 Å². The molecular weight excluding hydrogens is 124 g/mol. The summed E-state index contributed by atoms with van der Waals surface area (Å²) in [5, 5.41) is 6.50. The third kappa shape index (κ3) is 3.18. The van der Waals surface area contributed by atoms with Crippen LogP contribution in [0, 0.1) is 0 Å². The fourth-order valence-corrected chi connectivity index (χ4v) is 0.905. The first kappa shape index (κ1) is 9.92. The van der Waals surface area contributed by atoms with Crippen LogP contribution in [-0.4, -0.2) is 19.8 Å². The first-order valence-electron chi connectivity index (χ1n) is 4.06. The van der Waals surface area contributed by atoms with Crippen LogP contribution in [0.15, 0.2) is 0 Å². The summed E-state index contributed by atoms with van der Waals surface area (Å²) >= 11 is 0. The minimum Gasteiger partial charge on any atom is -0.303 e. The lowest BCUT2D eigenvalue weighted by Gasteiger charge is -2.28. The highest BCUT2D eigenvalue weighted by Gasteiger charge is 2.16. The lowest BCUT2D eigenvalue weighted by Crippen LogP contribution is -2.50. The van der Waals surface area contributed by atoms with Gasteiger partial charge in [0.15, 0.2) is 0 Å². The normalized spacial score (nSPS) is 12.0. The number of nitrogens with one attached hydrogen (secondary N) is 2. The Hall–Kier alpha value is -0.0800. The molecule has 10 heavy (non-hydrogen) atoms. The van der Waals surface area contributed by atoms with Crippen molar-refractivity contribution in [1.29, 1.82) is 0 Å². The zero-order chi connectivity index (χ0) is 8.04. The molecule has 0 rings (SSSR count). The lowest BCUT2D eigenvalue weighted by atomic mass is 10.1. The molecule has 0 aliphatic rings. The fraction of sp³-hybridized carbons (Fsp3) is 1.00. The van der Waals surface area contributed by atoms with Crippen molar-refractivity contribution in [3.8, 4) is 0 Å².